The Morgan fingerprint density at radius 2 is 2.11 bits per heavy atom. The highest BCUT2D eigenvalue weighted by Gasteiger charge is 2.22. The molecular weight excluding hydrogens is 242 g/mol. The van der Waals surface area contributed by atoms with E-state index in [1.54, 1.807) is 0 Å². The summed E-state index contributed by atoms with van der Waals surface area (Å²) in [6, 6.07) is 2.11. The van der Waals surface area contributed by atoms with Crippen LogP contribution in [0.5, 0.6) is 0 Å². The summed E-state index contributed by atoms with van der Waals surface area (Å²) in [4.78, 5) is 16.4. The number of aromatic nitrogens is 2. The fourth-order valence-corrected chi connectivity index (χ4v) is 2.80. The highest BCUT2D eigenvalue weighted by molar-refractivity contribution is 5.78. The van der Waals surface area contributed by atoms with Gasteiger partial charge >= 0.3 is 0 Å². The lowest BCUT2D eigenvalue weighted by Gasteiger charge is -2.32. The molecule has 0 bridgehead atoms. The molecule has 1 aromatic rings. The molecule has 0 spiro atoms. The second-order valence-electron chi connectivity index (χ2n) is 5.34. The third-order valence-electron chi connectivity index (χ3n) is 3.83. The monoisotopic (exact) mass is 263 g/mol. The Hall–Kier alpha value is -1.40. The van der Waals surface area contributed by atoms with Gasteiger partial charge in [-0.05, 0) is 13.0 Å². The zero-order chi connectivity index (χ0) is 13.2. The molecule has 0 saturated carbocycles. The molecule has 1 amide bonds. The topological polar surface area (TPSA) is 53.4 Å². The predicted octanol–water partition coefficient (Wildman–Crippen LogP) is -0.561. The van der Waals surface area contributed by atoms with Crippen LogP contribution in [0.25, 0.3) is 0 Å². The van der Waals surface area contributed by atoms with Crippen molar-refractivity contribution in [3.8, 4) is 0 Å². The van der Waals surface area contributed by atoms with Gasteiger partial charge in [0.05, 0.1) is 24.5 Å². The molecule has 1 fully saturated rings. The van der Waals surface area contributed by atoms with Gasteiger partial charge < -0.3 is 10.2 Å². The van der Waals surface area contributed by atoms with E-state index in [4.69, 9.17) is 0 Å². The fourth-order valence-electron chi connectivity index (χ4n) is 2.80. The Morgan fingerprint density at radius 1 is 1.32 bits per heavy atom. The lowest BCUT2D eigenvalue weighted by Crippen LogP contribution is -2.50. The van der Waals surface area contributed by atoms with E-state index in [0.717, 1.165) is 51.5 Å². The van der Waals surface area contributed by atoms with Gasteiger partial charge in [0.15, 0.2) is 0 Å². The zero-order valence-corrected chi connectivity index (χ0v) is 11.4. The van der Waals surface area contributed by atoms with Crippen LogP contribution in [0.4, 0.5) is 0 Å². The van der Waals surface area contributed by atoms with E-state index in [1.165, 1.54) is 5.69 Å². The number of aryl methyl sites for hydroxylation is 1. The highest BCUT2D eigenvalue weighted by Crippen LogP contribution is 2.13. The standard InChI is InChI=1S/C13H21N5O/c1-11-8-12-9-16(6-7-18(12)15-11)10-13(19)17-4-2-14-3-5-17/h8,14H,2-7,9-10H2,1H3. The van der Waals surface area contributed by atoms with E-state index in [1.807, 2.05) is 11.8 Å². The van der Waals surface area contributed by atoms with Crippen molar-refractivity contribution in [2.24, 2.45) is 0 Å². The molecule has 0 aliphatic carbocycles. The minimum atomic E-state index is 0.256. The van der Waals surface area contributed by atoms with Gasteiger partial charge in [0.2, 0.25) is 5.91 Å². The number of nitrogens with zero attached hydrogens (tertiary/aromatic N) is 4. The molecule has 0 atom stereocenters. The first-order valence-corrected chi connectivity index (χ1v) is 6.96. The van der Waals surface area contributed by atoms with Gasteiger partial charge in [0, 0.05) is 39.3 Å². The molecule has 0 aromatic carbocycles. The Morgan fingerprint density at radius 3 is 2.89 bits per heavy atom. The lowest BCUT2D eigenvalue weighted by atomic mass is 10.2. The van der Waals surface area contributed by atoms with Crippen LogP contribution in [-0.4, -0.2) is 64.8 Å². The van der Waals surface area contributed by atoms with Gasteiger partial charge in [-0.1, -0.05) is 0 Å². The van der Waals surface area contributed by atoms with Gasteiger partial charge in [0.1, 0.15) is 0 Å². The molecular formula is C13H21N5O. The number of carbonyl (C=O) groups is 1. The summed E-state index contributed by atoms with van der Waals surface area (Å²) in [5, 5.41) is 7.71. The summed E-state index contributed by atoms with van der Waals surface area (Å²) in [5.41, 5.74) is 2.28. The van der Waals surface area contributed by atoms with Crippen LogP contribution in [0.1, 0.15) is 11.4 Å². The molecule has 6 heteroatoms. The smallest absolute Gasteiger partial charge is 0.236 e. The first-order valence-electron chi connectivity index (χ1n) is 6.96. The van der Waals surface area contributed by atoms with Gasteiger partial charge in [-0.25, -0.2) is 0 Å². The molecule has 0 unspecified atom stereocenters. The Labute approximate surface area is 113 Å². The maximum absolute atomic E-state index is 12.2. The van der Waals surface area contributed by atoms with Crippen LogP contribution >= 0.6 is 0 Å². The van der Waals surface area contributed by atoms with Crippen LogP contribution in [0, 0.1) is 6.92 Å². The third kappa shape index (κ3) is 2.79. The SMILES string of the molecule is Cc1cc2n(n1)CCN(CC(=O)N1CCNCC1)C2. The summed E-state index contributed by atoms with van der Waals surface area (Å²) >= 11 is 0. The van der Waals surface area contributed by atoms with E-state index in [-0.39, 0.29) is 5.91 Å². The normalized spacial score (nSPS) is 20.4. The van der Waals surface area contributed by atoms with Gasteiger partial charge in [-0.3, -0.25) is 14.4 Å². The van der Waals surface area contributed by atoms with E-state index in [2.05, 4.69) is 26.1 Å². The van der Waals surface area contributed by atoms with Crippen molar-refractivity contribution in [1.29, 1.82) is 0 Å². The lowest BCUT2D eigenvalue weighted by molar-refractivity contribution is -0.133. The third-order valence-corrected chi connectivity index (χ3v) is 3.83. The number of nitrogens with one attached hydrogen (secondary N) is 1. The van der Waals surface area contributed by atoms with Crippen molar-refractivity contribution >= 4 is 5.91 Å². The maximum atomic E-state index is 12.2. The molecule has 2 aliphatic rings. The van der Waals surface area contributed by atoms with Crippen LogP contribution in [-0.2, 0) is 17.9 Å². The molecule has 19 heavy (non-hydrogen) atoms. The quantitative estimate of drug-likeness (QED) is 0.777. The molecule has 1 saturated heterocycles. The molecule has 104 valence electrons. The average Bonchev–Trinajstić information content (AvgIpc) is 2.79. The van der Waals surface area contributed by atoms with E-state index in [9.17, 15) is 4.79 Å². The van der Waals surface area contributed by atoms with Gasteiger partial charge in [-0.15, -0.1) is 0 Å². The number of hydrogen-bond acceptors (Lipinski definition) is 4. The number of piperazine rings is 1. The summed E-state index contributed by atoms with van der Waals surface area (Å²) in [7, 11) is 0. The summed E-state index contributed by atoms with van der Waals surface area (Å²) in [5.74, 6) is 0.256. The van der Waals surface area contributed by atoms with E-state index in [0.29, 0.717) is 6.54 Å². The van der Waals surface area contributed by atoms with E-state index < -0.39 is 0 Å². The Kier molecular flexibility index (Phi) is 3.52. The van der Waals surface area contributed by atoms with Crippen molar-refractivity contribution in [3.63, 3.8) is 0 Å². The molecule has 3 rings (SSSR count). The van der Waals surface area contributed by atoms with Crippen molar-refractivity contribution < 1.29 is 4.79 Å². The number of fused-ring (bicyclic) bond motifs is 1. The number of rotatable bonds is 2. The van der Waals surface area contributed by atoms with Gasteiger partial charge in [0.25, 0.3) is 0 Å². The van der Waals surface area contributed by atoms with Crippen molar-refractivity contribution in [2.75, 3.05) is 39.3 Å². The molecule has 0 radical (unpaired) electrons. The maximum Gasteiger partial charge on any atom is 0.236 e. The molecule has 2 aliphatic heterocycles. The Bertz CT molecular complexity index is 464. The van der Waals surface area contributed by atoms with Crippen LogP contribution in [0.15, 0.2) is 6.07 Å². The Balaban J connectivity index is 1.57. The van der Waals surface area contributed by atoms with Crippen molar-refractivity contribution in [3.05, 3.63) is 17.5 Å². The van der Waals surface area contributed by atoms with Crippen molar-refractivity contribution in [1.82, 2.24) is 24.9 Å². The van der Waals surface area contributed by atoms with Crippen LogP contribution in [0.2, 0.25) is 0 Å². The summed E-state index contributed by atoms with van der Waals surface area (Å²) < 4.78 is 2.06. The number of carbonyl (C=O) groups excluding carboxylic acids is 1. The zero-order valence-electron chi connectivity index (χ0n) is 11.4. The first-order chi connectivity index (χ1) is 9.22. The molecule has 6 nitrogen and oxygen atoms in total. The second kappa shape index (κ2) is 5.30. The highest BCUT2D eigenvalue weighted by atomic mass is 16.2. The van der Waals surface area contributed by atoms with Crippen LogP contribution < -0.4 is 5.32 Å². The molecule has 1 aromatic heterocycles. The summed E-state index contributed by atoms with van der Waals surface area (Å²) in [6.45, 7) is 8.68. The van der Waals surface area contributed by atoms with Crippen molar-refractivity contribution in [2.45, 2.75) is 20.0 Å². The van der Waals surface area contributed by atoms with E-state index >= 15 is 0 Å². The largest absolute Gasteiger partial charge is 0.339 e. The predicted molar refractivity (Wildman–Crippen MR) is 71.7 cm³/mol. The first kappa shape index (κ1) is 12.6. The molecule has 1 N–H and O–H groups in total. The minimum absolute atomic E-state index is 0.256. The van der Waals surface area contributed by atoms with Gasteiger partial charge in [-0.2, -0.15) is 5.10 Å². The molecule has 3 heterocycles. The number of amides is 1. The minimum Gasteiger partial charge on any atom is -0.339 e. The van der Waals surface area contributed by atoms with Crippen LogP contribution in [0.3, 0.4) is 0 Å². The second-order valence-corrected chi connectivity index (χ2v) is 5.34. The fraction of sp³-hybridized carbons (Fsp3) is 0.692. The average molecular weight is 263 g/mol. The number of hydrogen-bond donors (Lipinski definition) is 1. The summed E-state index contributed by atoms with van der Waals surface area (Å²) in [6.07, 6.45) is 0.